The number of aryl methyl sites for hydroxylation is 1. The number of nitrogens with zero attached hydrogens (tertiary/aromatic N) is 4. The number of nitrogens with one attached hydrogen (secondary N) is 1. The first kappa shape index (κ1) is 12.5. The van der Waals surface area contributed by atoms with Crippen molar-refractivity contribution in [1.29, 1.82) is 0 Å². The van der Waals surface area contributed by atoms with E-state index in [0.717, 1.165) is 25.2 Å². The zero-order chi connectivity index (χ0) is 12.8. The molecular weight excluding hydrogens is 230 g/mol. The van der Waals surface area contributed by atoms with Gasteiger partial charge in [0.25, 0.3) is 0 Å². The Kier molecular flexibility index (Phi) is 4.22. The zero-order valence-electron chi connectivity index (χ0n) is 10.6. The lowest BCUT2D eigenvalue weighted by molar-refractivity contribution is 0.369. The van der Waals surface area contributed by atoms with Crippen LogP contribution in [-0.4, -0.2) is 26.7 Å². The standard InChI is InChI=1S/C12H17N5O/c1-9(2)11-16-10(18-17-11)5-3-6-13-12-14-7-4-8-15-12/h4,7-9H,3,5-6H2,1-2H3,(H,13,14,15). The summed E-state index contributed by atoms with van der Waals surface area (Å²) < 4.78 is 5.16. The number of hydrogen-bond acceptors (Lipinski definition) is 6. The van der Waals surface area contributed by atoms with Gasteiger partial charge in [0.05, 0.1) is 0 Å². The summed E-state index contributed by atoms with van der Waals surface area (Å²) in [5.74, 6) is 2.41. The number of anilines is 1. The molecule has 0 saturated heterocycles. The quantitative estimate of drug-likeness (QED) is 0.787. The molecule has 18 heavy (non-hydrogen) atoms. The van der Waals surface area contributed by atoms with E-state index in [1.807, 2.05) is 13.8 Å². The van der Waals surface area contributed by atoms with Gasteiger partial charge in [-0.2, -0.15) is 4.98 Å². The lowest BCUT2D eigenvalue weighted by atomic mass is 10.2. The molecule has 96 valence electrons. The molecule has 2 aromatic heterocycles. The first-order valence-electron chi connectivity index (χ1n) is 6.09. The summed E-state index contributed by atoms with van der Waals surface area (Å²) in [6.45, 7) is 4.87. The second kappa shape index (κ2) is 6.09. The van der Waals surface area contributed by atoms with Gasteiger partial charge in [-0.15, -0.1) is 0 Å². The Morgan fingerprint density at radius 3 is 2.72 bits per heavy atom. The van der Waals surface area contributed by atoms with Crippen LogP contribution >= 0.6 is 0 Å². The van der Waals surface area contributed by atoms with Crippen LogP contribution in [0.1, 0.15) is 37.9 Å². The third-order valence-corrected chi connectivity index (χ3v) is 2.42. The average molecular weight is 247 g/mol. The van der Waals surface area contributed by atoms with Gasteiger partial charge in [-0.25, -0.2) is 9.97 Å². The van der Waals surface area contributed by atoms with Gasteiger partial charge >= 0.3 is 0 Å². The van der Waals surface area contributed by atoms with E-state index in [9.17, 15) is 0 Å². The van der Waals surface area contributed by atoms with Gasteiger partial charge in [-0.1, -0.05) is 19.0 Å². The van der Waals surface area contributed by atoms with E-state index in [0.29, 0.717) is 17.8 Å². The Morgan fingerprint density at radius 1 is 1.28 bits per heavy atom. The molecule has 2 rings (SSSR count). The maximum atomic E-state index is 5.16. The summed E-state index contributed by atoms with van der Waals surface area (Å²) in [5, 5.41) is 7.05. The number of rotatable bonds is 6. The topological polar surface area (TPSA) is 76.7 Å². The minimum absolute atomic E-state index is 0.304. The molecule has 0 bridgehead atoms. The average Bonchev–Trinajstić information content (AvgIpc) is 2.85. The van der Waals surface area contributed by atoms with Crippen molar-refractivity contribution in [1.82, 2.24) is 20.1 Å². The fourth-order valence-corrected chi connectivity index (χ4v) is 1.43. The highest BCUT2D eigenvalue weighted by Gasteiger charge is 2.08. The van der Waals surface area contributed by atoms with Gasteiger partial charge in [0.2, 0.25) is 11.8 Å². The SMILES string of the molecule is CC(C)c1noc(CCCNc2ncccn2)n1. The van der Waals surface area contributed by atoms with Crippen molar-refractivity contribution in [2.24, 2.45) is 0 Å². The van der Waals surface area contributed by atoms with E-state index in [4.69, 9.17) is 4.52 Å². The van der Waals surface area contributed by atoms with E-state index >= 15 is 0 Å². The molecule has 0 fully saturated rings. The van der Waals surface area contributed by atoms with E-state index < -0.39 is 0 Å². The van der Waals surface area contributed by atoms with Crippen LogP contribution in [0.4, 0.5) is 5.95 Å². The maximum Gasteiger partial charge on any atom is 0.226 e. The molecule has 6 nitrogen and oxygen atoms in total. The lowest BCUT2D eigenvalue weighted by Gasteiger charge is -2.01. The van der Waals surface area contributed by atoms with Gasteiger partial charge < -0.3 is 9.84 Å². The molecule has 0 amide bonds. The Balaban J connectivity index is 1.72. The predicted molar refractivity (Wildman–Crippen MR) is 67.2 cm³/mol. The van der Waals surface area contributed by atoms with E-state index in [-0.39, 0.29) is 0 Å². The summed E-state index contributed by atoms with van der Waals surface area (Å²) in [6.07, 6.45) is 5.09. The molecule has 0 saturated carbocycles. The Bertz CT molecular complexity index is 468. The monoisotopic (exact) mass is 247 g/mol. The van der Waals surface area contributed by atoms with Gasteiger partial charge in [-0.05, 0) is 12.5 Å². The molecule has 0 aliphatic heterocycles. The van der Waals surface area contributed by atoms with Crippen LogP contribution in [0.5, 0.6) is 0 Å². The second-order valence-corrected chi connectivity index (χ2v) is 4.30. The van der Waals surface area contributed by atoms with Crippen molar-refractivity contribution in [2.45, 2.75) is 32.6 Å². The Morgan fingerprint density at radius 2 is 2.06 bits per heavy atom. The number of hydrogen-bond donors (Lipinski definition) is 1. The van der Waals surface area contributed by atoms with Gasteiger partial charge in [0, 0.05) is 31.3 Å². The predicted octanol–water partition coefficient (Wildman–Crippen LogP) is 2.03. The molecular formula is C12H17N5O. The normalized spacial score (nSPS) is 10.8. The number of aromatic nitrogens is 4. The van der Waals surface area contributed by atoms with Crippen LogP contribution in [-0.2, 0) is 6.42 Å². The summed E-state index contributed by atoms with van der Waals surface area (Å²) in [5.41, 5.74) is 0. The van der Waals surface area contributed by atoms with Crippen molar-refractivity contribution >= 4 is 5.95 Å². The summed E-state index contributed by atoms with van der Waals surface area (Å²) in [7, 11) is 0. The maximum absolute atomic E-state index is 5.16. The lowest BCUT2D eigenvalue weighted by Crippen LogP contribution is -2.06. The van der Waals surface area contributed by atoms with Crippen molar-refractivity contribution in [3.05, 3.63) is 30.2 Å². The zero-order valence-corrected chi connectivity index (χ0v) is 10.6. The first-order chi connectivity index (χ1) is 8.75. The second-order valence-electron chi connectivity index (χ2n) is 4.30. The Hall–Kier alpha value is -1.98. The minimum atomic E-state index is 0.304. The fourth-order valence-electron chi connectivity index (χ4n) is 1.43. The van der Waals surface area contributed by atoms with Crippen LogP contribution in [0.2, 0.25) is 0 Å². The smallest absolute Gasteiger partial charge is 0.226 e. The summed E-state index contributed by atoms with van der Waals surface area (Å²) in [6, 6.07) is 1.79. The van der Waals surface area contributed by atoms with Crippen molar-refractivity contribution in [3.8, 4) is 0 Å². The summed E-state index contributed by atoms with van der Waals surface area (Å²) in [4.78, 5) is 12.5. The van der Waals surface area contributed by atoms with E-state index in [1.165, 1.54) is 0 Å². The molecule has 2 aromatic rings. The highest BCUT2D eigenvalue weighted by atomic mass is 16.5. The molecule has 2 heterocycles. The van der Waals surface area contributed by atoms with Crippen LogP contribution in [0.15, 0.2) is 23.0 Å². The molecule has 0 unspecified atom stereocenters. The van der Waals surface area contributed by atoms with Crippen molar-refractivity contribution in [2.75, 3.05) is 11.9 Å². The van der Waals surface area contributed by atoms with Gasteiger partial charge in [0.15, 0.2) is 5.82 Å². The van der Waals surface area contributed by atoms with E-state index in [1.54, 1.807) is 18.5 Å². The minimum Gasteiger partial charge on any atom is -0.354 e. The van der Waals surface area contributed by atoms with Crippen LogP contribution in [0.3, 0.4) is 0 Å². The van der Waals surface area contributed by atoms with Crippen LogP contribution in [0.25, 0.3) is 0 Å². The molecule has 0 atom stereocenters. The first-order valence-corrected chi connectivity index (χ1v) is 6.09. The molecule has 0 aliphatic carbocycles. The van der Waals surface area contributed by atoms with Crippen molar-refractivity contribution in [3.63, 3.8) is 0 Å². The summed E-state index contributed by atoms with van der Waals surface area (Å²) >= 11 is 0. The third kappa shape index (κ3) is 3.51. The van der Waals surface area contributed by atoms with Crippen LogP contribution in [0, 0.1) is 0 Å². The van der Waals surface area contributed by atoms with Gasteiger partial charge in [0.1, 0.15) is 0 Å². The molecule has 0 radical (unpaired) electrons. The Labute approximate surface area is 106 Å². The fraction of sp³-hybridized carbons (Fsp3) is 0.500. The third-order valence-electron chi connectivity index (χ3n) is 2.42. The highest BCUT2D eigenvalue weighted by molar-refractivity contribution is 5.21. The van der Waals surface area contributed by atoms with Crippen LogP contribution < -0.4 is 5.32 Å². The van der Waals surface area contributed by atoms with E-state index in [2.05, 4.69) is 25.4 Å². The largest absolute Gasteiger partial charge is 0.354 e. The molecule has 0 aromatic carbocycles. The van der Waals surface area contributed by atoms with Gasteiger partial charge in [-0.3, -0.25) is 0 Å². The molecule has 0 aliphatic rings. The molecule has 1 N–H and O–H groups in total. The highest BCUT2D eigenvalue weighted by Crippen LogP contribution is 2.10. The molecule has 0 spiro atoms. The van der Waals surface area contributed by atoms with Crippen molar-refractivity contribution < 1.29 is 4.52 Å². The molecule has 6 heteroatoms.